The topological polar surface area (TPSA) is 37.3 Å². The van der Waals surface area contributed by atoms with Crippen LogP contribution in [-0.2, 0) is 6.42 Å². The van der Waals surface area contributed by atoms with Crippen LogP contribution in [0.4, 0.5) is 0 Å². The molecule has 0 saturated heterocycles. The number of rotatable bonds is 2. The van der Waals surface area contributed by atoms with Gasteiger partial charge in [-0.3, -0.25) is 0 Å². The summed E-state index contributed by atoms with van der Waals surface area (Å²) in [5, 5.41) is 8.90. The zero-order valence-corrected chi connectivity index (χ0v) is 10.1. The molecule has 0 atom stereocenters. The number of hydrogen-bond donors (Lipinski definition) is 1. The Kier molecular flexibility index (Phi) is 3.50. The predicted molar refractivity (Wildman–Crippen MR) is 58.2 cm³/mol. The lowest BCUT2D eigenvalue weighted by molar-refractivity contribution is 0.0695. The second-order valence-corrected chi connectivity index (χ2v) is 4.34. The summed E-state index contributed by atoms with van der Waals surface area (Å²) in [5.74, 6) is -0.890. The smallest absolute Gasteiger partial charge is 0.336 e. The molecule has 0 aliphatic carbocycles. The van der Waals surface area contributed by atoms with E-state index in [1.54, 1.807) is 6.07 Å². The molecule has 0 amide bonds. The molecule has 0 unspecified atom stereocenters. The van der Waals surface area contributed by atoms with Gasteiger partial charge in [0.2, 0.25) is 0 Å². The Morgan fingerprint density at radius 2 is 2.08 bits per heavy atom. The van der Waals surface area contributed by atoms with Crippen LogP contribution in [0.1, 0.15) is 22.8 Å². The predicted octanol–water partition coefficient (Wildman–Crippen LogP) is 3.47. The number of carbonyl (C=O) groups is 1. The molecule has 0 fully saturated rings. The van der Waals surface area contributed by atoms with E-state index in [4.69, 9.17) is 5.11 Å². The van der Waals surface area contributed by atoms with Gasteiger partial charge in [0.15, 0.2) is 0 Å². The van der Waals surface area contributed by atoms with Gasteiger partial charge in [-0.15, -0.1) is 0 Å². The Balaban J connectivity index is 3.38. The van der Waals surface area contributed by atoms with Crippen LogP contribution in [0.5, 0.6) is 0 Å². The minimum atomic E-state index is -0.890. The average molecular weight is 308 g/mol. The second kappa shape index (κ2) is 4.24. The first-order valence-corrected chi connectivity index (χ1v) is 5.36. The summed E-state index contributed by atoms with van der Waals surface area (Å²) < 4.78 is 1.61. The van der Waals surface area contributed by atoms with E-state index < -0.39 is 5.97 Å². The highest BCUT2D eigenvalue weighted by Gasteiger charge is 2.12. The largest absolute Gasteiger partial charge is 0.478 e. The minimum Gasteiger partial charge on any atom is -0.478 e. The maximum absolute atomic E-state index is 10.8. The first-order valence-electron chi connectivity index (χ1n) is 3.77. The van der Waals surface area contributed by atoms with E-state index in [9.17, 15) is 4.79 Å². The highest BCUT2D eigenvalue weighted by atomic mass is 79.9. The molecule has 0 aliphatic rings. The molecule has 0 radical (unpaired) electrons. The van der Waals surface area contributed by atoms with Crippen LogP contribution in [0.15, 0.2) is 21.1 Å². The number of aromatic carboxylic acids is 1. The van der Waals surface area contributed by atoms with E-state index in [-0.39, 0.29) is 0 Å². The van der Waals surface area contributed by atoms with E-state index in [2.05, 4.69) is 31.9 Å². The van der Waals surface area contributed by atoms with Crippen LogP contribution < -0.4 is 0 Å². The Labute approximate surface area is 93.2 Å². The Morgan fingerprint density at radius 1 is 1.46 bits per heavy atom. The zero-order valence-electron chi connectivity index (χ0n) is 6.97. The summed E-state index contributed by atoms with van der Waals surface area (Å²) in [6.07, 6.45) is 0.704. The van der Waals surface area contributed by atoms with Crippen molar-refractivity contribution in [3.8, 4) is 0 Å². The van der Waals surface area contributed by atoms with Gasteiger partial charge in [0.05, 0.1) is 5.56 Å². The van der Waals surface area contributed by atoms with E-state index in [0.717, 1.165) is 14.5 Å². The Hall–Kier alpha value is -0.350. The molecule has 0 heterocycles. The van der Waals surface area contributed by atoms with E-state index >= 15 is 0 Å². The summed E-state index contributed by atoms with van der Waals surface area (Å²) >= 11 is 6.58. The van der Waals surface area contributed by atoms with Gasteiger partial charge in [0, 0.05) is 8.95 Å². The SMILES string of the molecule is CCc1c(Br)cc(Br)cc1C(=O)O. The number of carboxylic acids is 1. The van der Waals surface area contributed by atoms with E-state index in [1.807, 2.05) is 13.0 Å². The molecule has 2 nitrogen and oxygen atoms in total. The highest BCUT2D eigenvalue weighted by Crippen LogP contribution is 2.26. The molecule has 4 heteroatoms. The van der Waals surface area contributed by atoms with Crippen LogP contribution in [-0.4, -0.2) is 11.1 Å². The Morgan fingerprint density at radius 3 is 2.54 bits per heavy atom. The highest BCUT2D eigenvalue weighted by molar-refractivity contribution is 9.11. The fourth-order valence-corrected chi connectivity index (χ4v) is 2.66. The van der Waals surface area contributed by atoms with Crippen molar-refractivity contribution in [3.05, 3.63) is 32.2 Å². The van der Waals surface area contributed by atoms with Gasteiger partial charge in [0.25, 0.3) is 0 Å². The fraction of sp³-hybridized carbons (Fsp3) is 0.222. The molecule has 1 aromatic carbocycles. The standard InChI is InChI=1S/C9H8Br2O2/c1-2-6-7(9(12)13)3-5(10)4-8(6)11/h3-4H,2H2,1H3,(H,12,13). The molecule has 70 valence electrons. The normalized spacial score (nSPS) is 10.1. The van der Waals surface area contributed by atoms with Crippen molar-refractivity contribution in [1.82, 2.24) is 0 Å². The van der Waals surface area contributed by atoms with Crippen LogP contribution >= 0.6 is 31.9 Å². The molecule has 0 bridgehead atoms. The average Bonchev–Trinajstić information content (AvgIpc) is 2.02. The molecule has 1 rings (SSSR count). The third kappa shape index (κ3) is 2.31. The summed E-state index contributed by atoms with van der Waals surface area (Å²) in [6, 6.07) is 3.47. The zero-order chi connectivity index (χ0) is 10.0. The van der Waals surface area contributed by atoms with Gasteiger partial charge < -0.3 is 5.11 Å². The lowest BCUT2D eigenvalue weighted by Crippen LogP contribution is -2.02. The number of halogens is 2. The third-order valence-corrected chi connectivity index (χ3v) is 2.91. The molecular formula is C9H8Br2O2. The first-order chi connectivity index (χ1) is 6.06. The maximum atomic E-state index is 10.8. The Bertz CT molecular complexity index is 348. The summed E-state index contributed by atoms with van der Waals surface area (Å²) in [4.78, 5) is 10.8. The van der Waals surface area contributed by atoms with Crippen molar-refractivity contribution in [3.63, 3.8) is 0 Å². The van der Waals surface area contributed by atoms with Crippen LogP contribution in [0.25, 0.3) is 0 Å². The van der Waals surface area contributed by atoms with Crippen molar-refractivity contribution < 1.29 is 9.90 Å². The molecule has 13 heavy (non-hydrogen) atoms. The quantitative estimate of drug-likeness (QED) is 0.908. The molecular weight excluding hydrogens is 300 g/mol. The van der Waals surface area contributed by atoms with Crippen molar-refractivity contribution in [2.45, 2.75) is 13.3 Å². The van der Waals surface area contributed by atoms with Gasteiger partial charge >= 0.3 is 5.97 Å². The molecule has 1 N–H and O–H groups in total. The molecule has 0 saturated carbocycles. The molecule has 0 aromatic heterocycles. The first kappa shape index (κ1) is 10.7. The molecule has 0 aliphatic heterocycles. The van der Waals surface area contributed by atoms with Crippen molar-refractivity contribution in [1.29, 1.82) is 0 Å². The lowest BCUT2D eigenvalue weighted by atomic mass is 10.1. The van der Waals surface area contributed by atoms with Gasteiger partial charge in [-0.2, -0.15) is 0 Å². The fourth-order valence-electron chi connectivity index (χ4n) is 1.15. The second-order valence-electron chi connectivity index (χ2n) is 2.57. The maximum Gasteiger partial charge on any atom is 0.336 e. The van der Waals surface area contributed by atoms with Gasteiger partial charge in [0.1, 0.15) is 0 Å². The van der Waals surface area contributed by atoms with E-state index in [0.29, 0.717) is 12.0 Å². The molecule has 0 spiro atoms. The van der Waals surface area contributed by atoms with Gasteiger partial charge in [-0.1, -0.05) is 38.8 Å². The number of hydrogen-bond acceptors (Lipinski definition) is 1. The van der Waals surface area contributed by atoms with Crippen LogP contribution in [0, 0.1) is 0 Å². The van der Waals surface area contributed by atoms with Crippen LogP contribution in [0.3, 0.4) is 0 Å². The van der Waals surface area contributed by atoms with Gasteiger partial charge in [-0.05, 0) is 24.1 Å². The summed E-state index contributed by atoms with van der Waals surface area (Å²) in [6.45, 7) is 1.93. The van der Waals surface area contributed by atoms with E-state index in [1.165, 1.54) is 0 Å². The minimum absolute atomic E-state index is 0.351. The van der Waals surface area contributed by atoms with Crippen molar-refractivity contribution in [2.75, 3.05) is 0 Å². The number of benzene rings is 1. The summed E-state index contributed by atoms with van der Waals surface area (Å²) in [7, 11) is 0. The third-order valence-electron chi connectivity index (χ3n) is 1.74. The van der Waals surface area contributed by atoms with Crippen LogP contribution in [0.2, 0.25) is 0 Å². The summed E-state index contributed by atoms with van der Waals surface area (Å²) in [5.41, 5.74) is 1.18. The van der Waals surface area contributed by atoms with Crippen molar-refractivity contribution >= 4 is 37.8 Å². The monoisotopic (exact) mass is 306 g/mol. The molecule has 1 aromatic rings. The van der Waals surface area contributed by atoms with Gasteiger partial charge in [-0.25, -0.2) is 4.79 Å². The number of carboxylic acid groups (broad SMARTS) is 1. The lowest BCUT2D eigenvalue weighted by Gasteiger charge is -2.06. The van der Waals surface area contributed by atoms with Crippen molar-refractivity contribution in [2.24, 2.45) is 0 Å².